The number of aliphatic carboxylic acids is 1. The highest BCUT2D eigenvalue weighted by molar-refractivity contribution is 6.10. The first-order valence-electron chi connectivity index (χ1n) is 12.7. The fraction of sp³-hybridized carbons (Fsp3) is 0.577. The molecule has 2 saturated heterocycles. The van der Waals surface area contributed by atoms with E-state index in [9.17, 15) is 14.9 Å². The van der Waals surface area contributed by atoms with Gasteiger partial charge in [0.1, 0.15) is 6.07 Å². The van der Waals surface area contributed by atoms with Gasteiger partial charge in [0.05, 0.1) is 11.0 Å². The Labute approximate surface area is 204 Å². The zero-order valence-electron chi connectivity index (χ0n) is 19.8. The third-order valence-corrected chi connectivity index (χ3v) is 7.84. The third kappa shape index (κ3) is 4.67. The van der Waals surface area contributed by atoms with Crippen molar-refractivity contribution in [2.24, 2.45) is 5.16 Å². The van der Waals surface area contributed by atoms with Gasteiger partial charge in [-0.15, -0.1) is 0 Å². The molecule has 9 nitrogen and oxygen atoms in total. The number of nitrogens with zero attached hydrogens (tertiary/aromatic N) is 5. The van der Waals surface area contributed by atoms with Gasteiger partial charge in [-0.1, -0.05) is 43.0 Å². The van der Waals surface area contributed by atoms with E-state index in [1.165, 1.54) is 38.5 Å². The maximum Gasteiger partial charge on any atom is 0.344 e. The number of carboxylic acids is 1. The van der Waals surface area contributed by atoms with Crippen LogP contribution in [-0.2, 0) is 9.63 Å². The average molecular weight is 478 g/mol. The lowest BCUT2D eigenvalue weighted by Gasteiger charge is -2.53. The van der Waals surface area contributed by atoms with Crippen LogP contribution in [0.3, 0.4) is 0 Å². The Morgan fingerprint density at radius 1 is 1.06 bits per heavy atom. The highest BCUT2D eigenvalue weighted by Gasteiger charge is 2.42. The Balaban J connectivity index is 1.53. The number of fused-ring (bicyclic) bond motifs is 3. The summed E-state index contributed by atoms with van der Waals surface area (Å²) >= 11 is 0. The summed E-state index contributed by atoms with van der Waals surface area (Å²) in [6.07, 6.45) is 11.8. The number of rotatable bonds is 6. The van der Waals surface area contributed by atoms with Crippen molar-refractivity contribution in [1.29, 1.82) is 5.26 Å². The number of oxime groups is 1. The number of benzene rings is 1. The van der Waals surface area contributed by atoms with Crippen LogP contribution in [0.25, 0.3) is 11.0 Å². The largest absolute Gasteiger partial charge is 0.479 e. The second-order valence-electron chi connectivity index (χ2n) is 9.95. The van der Waals surface area contributed by atoms with E-state index in [0.29, 0.717) is 23.6 Å². The molecular weight excluding hydrogens is 446 g/mol. The maximum atomic E-state index is 13.8. The standard InChI is InChI=1S/C26H31N5O4/c27-15-22(29-35-16-24(32)33)25-26(34)31(23-12-5-4-11-21(23)28-25)20-13-18-9-6-10-19(14-20)30(18)17-7-2-1-3-8-17/h4-5,11-12,17-20H,1-3,6-10,13-14,16H2,(H,32,33)/b29-22+/t18-,19+,20+. The first kappa shape index (κ1) is 23.5. The summed E-state index contributed by atoms with van der Waals surface area (Å²) in [5, 5.41) is 22.1. The number of carbonyl (C=O) groups is 1. The summed E-state index contributed by atoms with van der Waals surface area (Å²) in [5.74, 6) is -1.22. The van der Waals surface area contributed by atoms with Gasteiger partial charge in [0, 0.05) is 24.2 Å². The molecule has 9 heteroatoms. The van der Waals surface area contributed by atoms with Gasteiger partial charge in [0.15, 0.2) is 5.69 Å². The summed E-state index contributed by atoms with van der Waals surface area (Å²) in [6, 6.07) is 10.9. The molecule has 184 valence electrons. The van der Waals surface area contributed by atoms with Gasteiger partial charge in [0.2, 0.25) is 12.3 Å². The Morgan fingerprint density at radius 2 is 1.74 bits per heavy atom. The minimum atomic E-state index is -1.22. The molecule has 0 radical (unpaired) electrons. The molecule has 35 heavy (non-hydrogen) atoms. The number of carboxylic acid groups (broad SMARTS) is 1. The molecule has 3 aliphatic rings. The zero-order chi connectivity index (χ0) is 24.4. The summed E-state index contributed by atoms with van der Waals surface area (Å²) in [7, 11) is 0. The van der Waals surface area contributed by atoms with Gasteiger partial charge in [-0.05, 0) is 50.7 Å². The predicted octanol–water partition coefficient (Wildman–Crippen LogP) is 3.62. The molecule has 1 saturated carbocycles. The highest BCUT2D eigenvalue weighted by Crippen LogP contribution is 2.43. The second-order valence-corrected chi connectivity index (χ2v) is 9.95. The maximum absolute atomic E-state index is 13.8. The second kappa shape index (κ2) is 10.2. The fourth-order valence-corrected chi connectivity index (χ4v) is 6.51. The Hall–Kier alpha value is -3.25. The number of aromatic nitrogens is 2. The molecule has 3 fully saturated rings. The number of nitriles is 1. The summed E-state index contributed by atoms with van der Waals surface area (Å²) in [6.45, 7) is -0.698. The number of para-hydroxylation sites is 2. The lowest BCUT2D eigenvalue weighted by molar-refractivity contribution is -0.142. The van der Waals surface area contributed by atoms with Crippen molar-refractivity contribution >= 4 is 22.7 Å². The Bertz CT molecular complexity index is 1210. The van der Waals surface area contributed by atoms with Crippen molar-refractivity contribution in [2.45, 2.75) is 88.4 Å². The van der Waals surface area contributed by atoms with Crippen LogP contribution < -0.4 is 5.56 Å². The van der Waals surface area contributed by atoms with Crippen molar-refractivity contribution in [3.8, 4) is 6.07 Å². The molecule has 2 aromatic rings. The molecule has 1 aromatic carbocycles. The fourth-order valence-electron chi connectivity index (χ4n) is 6.51. The highest BCUT2D eigenvalue weighted by atomic mass is 16.6. The minimum absolute atomic E-state index is 0.00386. The van der Waals surface area contributed by atoms with Crippen LogP contribution >= 0.6 is 0 Å². The van der Waals surface area contributed by atoms with Crippen molar-refractivity contribution in [1.82, 2.24) is 14.5 Å². The van der Waals surface area contributed by atoms with E-state index >= 15 is 0 Å². The van der Waals surface area contributed by atoms with E-state index in [0.717, 1.165) is 31.2 Å². The number of hydrogen-bond acceptors (Lipinski definition) is 7. The van der Waals surface area contributed by atoms with E-state index < -0.39 is 12.6 Å². The Kier molecular flexibility index (Phi) is 6.82. The van der Waals surface area contributed by atoms with Crippen LogP contribution in [0.2, 0.25) is 0 Å². The molecule has 0 unspecified atom stereocenters. The molecule has 2 bridgehead atoms. The lowest BCUT2D eigenvalue weighted by atomic mass is 9.78. The van der Waals surface area contributed by atoms with Crippen LogP contribution in [0.15, 0.2) is 34.2 Å². The molecular formula is C26H31N5O4. The molecule has 3 atom stereocenters. The van der Waals surface area contributed by atoms with Crippen LogP contribution in [-0.4, -0.2) is 56.0 Å². The van der Waals surface area contributed by atoms with Gasteiger partial charge in [-0.3, -0.25) is 9.69 Å². The molecule has 0 amide bonds. The van der Waals surface area contributed by atoms with Gasteiger partial charge in [-0.2, -0.15) is 5.26 Å². The molecule has 2 aliphatic heterocycles. The first-order valence-corrected chi connectivity index (χ1v) is 12.7. The monoisotopic (exact) mass is 477 g/mol. The topological polar surface area (TPSA) is 121 Å². The van der Waals surface area contributed by atoms with E-state index in [1.807, 2.05) is 34.9 Å². The van der Waals surface area contributed by atoms with Crippen molar-refractivity contribution in [2.75, 3.05) is 6.61 Å². The normalized spacial score (nSPS) is 25.8. The summed E-state index contributed by atoms with van der Waals surface area (Å²) < 4.78 is 1.81. The van der Waals surface area contributed by atoms with Gasteiger partial charge in [-0.25, -0.2) is 9.78 Å². The van der Waals surface area contributed by atoms with Crippen LogP contribution in [0.1, 0.15) is 75.9 Å². The van der Waals surface area contributed by atoms with Crippen LogP contribution in [0.4, 0.5) is 0 Å². The minimum Gasteiger partial charge on any atom is -0.479 e. The van der Waals surface area contributed by atoms with Crippen molar-refractivity contribution in [3.63, 3.8) is 0 Å². The van der Waals surface area contributed by atoms with E-state index in [1.54, 1.807) is 0 Å². The summed E-state index contributed by atoms with van der Waals surface area (Å²) in [5.41, 5.74) is 0.562. The SMILES string of the molecule is N#C/C(=N\OCC(=O)O)c1nc2ccccc2n([C@H]2C[C@H]3CCC[C@@H](C2)N3C2CCCCC2)c1=O. The van der Waals surface area contributed by atoms with E-state index in [-0.39, 0.29) is 23.0 Å². The smallest absolute Gasteiger partial charge is 0.344 e. The summed E-state index contributed by atoms with van der Waals surface area (Å²) in [4.78, 5) is 36.5. The molecule has 0 spiro atoms. The number of piperidine rings is 2. The molecule has 1 aromatic heterocycles. The quantitative estimate of drug-likeness (QED) is 0.498. The van der Waals surface area contributed by atoms with Gasteiger partial charge >= 0.3 is 5.97 Å². The van der Waals surface area contributed by atoms with Crippen LogP contribution in [0.5, 0.6) is 0 Å². The molecule has 1 aliphatic carbocycles. The van der Waals surface area contributed by atoms with Gasteiger partial charge in [0.25, 0.3) is 5.56 Å². The lowest BCUT2D eigenvalue weighted by Crippen LogP contribution is -2.57. The zero-order valence-corrected chi connectivity index (χ0v) is 19.8. The third-order valence-electron chi connectivity index (χ3n) is 7.84. The van der Waals surface area contributed by atoms with E-state index in [2.05, 4.69) is 15.0 Å². The average Bonchev–Trinajstić information content (AvgIpc) is 2.86. The first-order chi connectivity index (χ1) is 17.1. The van der Waals surface area contributed by atoms with Crippen molar-refractivity contribution in [3.05, 3.63) is 40.3 Å². The van der Waals surface area contributed by atoms with Crippen LogP contribution in [0, 0.1) is 11.3 Å². The van der Waals surface area contributed by atoms with Gasteiger partial charge < -0.3 is 14.5 Å². The van der Waals surface area contributed by atoms with E-state index in [4.69, 9.17) is 9.94 Å². The molecule has 5 rings (SSSR count). The predicted molar refractivity (Wildman–Crippen MR) is 130 cm³/mol. The Morgan fingerprint density at radius 3 is 2.43 bits per heavy atom. The van der Waals surface area contributed by atoms with Crippen molar-refractivity contribution < 1.29 is 14.7 Å². The number of hydrogen-bond donors (Lipinski definition) is 1. The molecule has 1 N–H and O–H groups in total. The molecule has 3 heterocycles.